The van der Waals surface area contributed by atoms with E-state index >= 15 is 0 Å². The predicted octanol–water partition coefficient (Wildman–Crippen LogP) is 6.38. The quantitative estimate of drug-likeness (QED) is 0.0797. The van der Waals surface area contributed by atoms with E-state index in [9.17, 15) is 37.1 Å². The van der Waals surface area contributed by atoms with Crippen molar-refractivity contribution in [2.75, 3.05) is 54.0 Å². The van der Waals surface area contributed by atoms with Crippen LogP contribution in [0.2, 0.25) is 0 Å². The summed E-state index contributed by atoms with van der Waals surface area (Å²) in [6.07, 6.45) is 5.18. The lowest BCUT2D eigenvalue weighted by Crippen LogP contribution is -2.58. The van der Waals surface area contributed by atoms with Gasteiger partial charge in [0, 0.05) is 79.7 Å². The second-order valence-corrected chi connectivity index (χ2v) is 19.6. The molecule has 18 heteroatoms. The lowest BCUT2D eigenvalue weighted by molar-refractivity contribution is -0.141. The van der Waals surface area contributed by atoms with Crippen molar-refractivity contribution < 1.29 is 47.0 Å². The smallest absolute Gasteiger partial charge is 0.406 e. The zero-order valence-corrected chi connectivity index (χ0v) is 41.7. The van der Waals surface area contributed by atoms with Crippen molar-refractivity contribution in [1.29, 1.82) is 0 Å². The van der Waals surface area contributed by atoms with Crippen molar-refractivity contribution in [2.45, 2.75) is 110 Å². The number of halogens is 3. The molecule has 3 unspecified atom stereocenters. The van der Waals surface area contributed by atoms with Crippen molar-refractivity contribution >= 4 is 41.4 Å². The molecule has 3 N–H and O–H groups in total. The van der Waals surface area contributed by atoms with E-state index in [1.807, 2.05) is 87.8 Å². The maximum absolute atomic E-state index is 14.5. The number of fused-ring (bicyclic) bond motifs is 2. The van der Waals surface area contributed by atoms with Gasteiger partial charge >= 0.3 is 6.18 Å². The van der Waals surface area contributed by atoms with Gasteiger partial charge in [0.2, 0.25) is 11.8 Å². The fourth-order valence-electron chi connectivity index (χ4n) is 9.84. The Morgan fingerprint density at radius 1 is 1.01 bits per heavy atom. The zero-order valence-electron chi connectivity index (χ0n) is 41.7. The number of carbonyl (C=O) groups excluding carboxylic acids is 5. The number of likely N-dealkylation sites (tertiary alicyclic amines) is 1. The molecule has 2 aromatic heterocycles. The maximum Gasteiger partial charge on any atom is 0.406 e. The van der Waals surface area contributed by atoms with Crippen LogP contribution >= 0.6 is 0 Å². The Balaban J connectivity index is 0.000000613. The van der Waals surface area contributed by atoms with Crippen LogP contribution in [0.15, 0.2) is 61.3 Å². The first kappa shape index (κ1) is 55.1. The second kappa shape index (κ2) is 24.8. The minimum Gasteiger partial charge on any atom is -0.467 e. The van der Waals surface area contributed by atoms with Crippen molar-refractivity contribution in [3.63, 3.8) is 0 Å². The van der Waals surface area contributed by atoms with E-state index in [0.717, 1.165) is 73.4 Å². The Morgan fingerprint density at radius 2 is 1.74 bits per heavy atom. The van der Waals surface area contributed by atoms with Crippen molar-refractivity contribution in [3.05, 3.63) is 78.1 Å². The molecule has 2 fully saturated rings. The number of nitrogens with zero attached hydrogens (tertiary/aromatic N) is 6. The highest BCUT2D eigenvalue weighted by molar-refractivity contribution is 5.95. The van der Waals surface area contributed by atoms with Gasteiger partial charge in [-0.3, -0.25) is 33.8 Å². The first-order valence-electron chi connectivity index (χ1n) is 24.1. The molecular weight excluding hydrogens is 906 g/mol. The molecule has 0 spiro atoms. The van der Waals surface area contributed by atoms with Gasteiger partial charge in [0.1, 0.15) is 18.9 Å². The van der Waals surface area contributed by atoms with Crippen LogP contribution in [0.3, 0.4) is 0 Å². The van der Waals surface area contributed by atoms with E-state index in [2.05, 4.69) is 22.4 Å². The molecule has 2 saturated heterocycles. The zero-order chi connectivity index (χ0) is 51.3. The largest absolute Gasteiger partial charge is 0.467 e. The van der Waals surface area contributed by atoms with Crippen LogP contribution in [-0.2, 0) is 61.1 Å². The molecule has 7 rings (SSSR count). The monoisotopic (exact) mass is 977 g/mol. The van der Waals surface area contributed by atoms with Crippen molar-refractivity contribution in [2.24, 2.45) is 17.3 Å². The predicted molar refractivity (Wildman–Crippen MR) is 263 cm³/mol. The molecule has 0 saturated carbocycles. The molecule has 3 atom stereocenters. The number of aliphatic hydroxyl groups excluding tert-OH is 1. The summed E-state index contributed by atoms with van der Waals surface area (Å²) in [6.45, 7) is 13.7. The molecule has 0 radical (unpaired) electrons. The third-order valence-corrected chi connectivity index (χ3v) is 13.0. The van der Waals surface area contributed by atoms with Gasteiger partial charge in [0.25, 0.3) is 12.4 Å². The van der Waals surface area contributed by atoms with Crippen LogP contribution in [0.25, 0.3) is 33.3 Å². The number of aliphatic hydroxyl groups is 1. The summed E-state index contributed by atoms with van der Waals surface area (Å²) in [5.74, 6) is -0.447. The number of hydrogen-bond acceptors (Lipinski definition) is 10. The Hall–Kier alpha value is -5.85. The van der Waals surface area contributed by atoms with Crippen LogP contribution < -0.4 is 10.7 Å². The SMILES string of the molecule is C=CC(=O)N1CCC(C=O)C1.CC(C)C(C(=O)NC(Cc1cccc(-c2ccc3c(c2)c(CC(C)(C)COC=O)c(-c2cnn4c2CCCC4)n3CC(F)(F)F)c1)C(=O)N1CCCCN1)N(C)C.CO. The number of rotatable bonds is 17. The standard InChI is InChI=1S/C43H56F3N7O4.C8H11NO2.CH4O/c1-28(2)38(50(5)6)40(55)49-35(41(56)53-19-10-8-17-47-53)21-29-12-11-13-30(20-29)31-15-16-36-32(22-31)33(23-42(3,4)26-57-27-54)39(51(36)25-43(44,45)46)34-24-48-52-18-9-7-14-37(34)52;1-2-8(11)9-4-3-7(5-9)6-10;1-2/h11-13,15-16,20,22,24,27-28,35,38,47H,7-10,14,17-19,21,23,25-26H2,1-6H3,(H,49,55);2,6-7H,1,3-5H2;2H,1H3. The molecule has 0 aliphatic carbocycles. The Bertz CT molecular complexity index is 2430. The highest BCUT2D eigenvalue weighted by Gasteiger charge is 2.36. The lowest BCUT2D eigenvalue weighted by atomic mass is 9.84. The topological polar surface area (TPSA) is 171 Å². The van der Waals surface area contributed by atoms with Gasteiger partial charge in [-0.25, -0.2) is 5.43 Å². The number of ether oxygens (including phenoxy) is 1. The molecule has 5 heterocycles. The Morgan fingerprint density at radius 3 is 2.37 bits per heavy atom. The molecular formula is C52H71F3N8O7. The lowest BCUT2D eigenvalue weighted by Gasteiger charge is -2.33. The van der Waals surface area contributed by atoms with E-state index in [4.69, 9.17) is 9.84 Å². The second-order valence-electron chi connectivity index (χ2n) is 19.6. The van der Waals surface area contributed by atoms with Crippen LogP contribution in [0.1, 0.15) is 76.6 Å². The maximum atomic E-state index is 14.5. The Labute approximate surface area is 409 Å². The fourth-order valence-corrected chi connectivity index (χ4v) is 9.84. The van der Waals surface area contributed by atoms with E-state index in [-0.39, 0.29) is 42.6 Å². The number of hydrazine groups is 1. The van der Waals surface area contributed by atoms with Gasteiger partial charge in [-0.2, -0.15) is 18.3 Å². The summed E-state index contributed by atoms with van der Waals surface area (Å²) < 4.78 is 51.8. The van der Waals surface area contributed by atoms with E-state index in [1.165, 1.54) is 10.6 Å². The van der Waals surface area contributed by atoms with Gasteiger partial charge in [-0.05, 0) is 105 Å². The van der Waals surface area contributed by atoms with Crippen LogP contribution in [-0.4, -0.2) is 137 Å². The van der Waals surface area contributed by atoms with Gasteiger partial charge in [0.05, 0.1) is 24.5 Å². The van der Waals surface area contributed by atoms with Gasteiger partial charge in [-0.1, -0.05) is 64.6 Å². The third kappa shape index (κ3) is 13.9. The van der Waals surface area contributed by atoms with E-state index in [0.29, 0.717) is 74.2 Å². The van der Waals surface area contributed by atoms with Gasteiger partial charge < -0.3 is 29.4 Å². The summed E-state index contributed by atoms with van der Waals surface area (Å²) >= 11 is 0. The molecule has 4 aromatic rings. The highest BCUT2D eigenvalue weighted by Crippen LogP contribution is 2.43. The summed E-state index contributed by atoms with van der Waals surface area (Å²) in [4.78, 5) is 63.6. The number of nitrogens with one attached hydrogen (secondary N) is 2. The number of aromatic nitrogens is 3. The number of carbonyl (C=O) groups is 5. The average Bonchev–Trinajstić information content (AvgIpc) is 4.07. The van der Waals surface area contributed by atoms with Crippen LogP contribution in [0.4, 0.5) is 13.2 Å². The minimum atomic E-state index is -4.50. The van der Waals surface area contributed by atoms with Crippen molar-refractivity contribution in [1.82, 2.24) is 39.9 Å². The molecule has 15 nitrogen and oxygen atoms in total. The fraction of sp³-hybridized carbons (Fsp3) is 0.538. The highest BCUT2D eigenvalue weighted by atomic mass is 19.4. The van der Waals surface area contributed by atoms with Gasteiger partial charge in [-0.15, -0.1) is 0 Å². The minimum absolute atomic E-state index is 0.0150. The molecule has 3 amide bonds. The molecule has 70 heavy (non-hydrogen) atoms. The number of benzene rings is 2. The summed E-state index contributed by atoms with van der Waals surface area (Å²) in [5, 5.41) is 17.0. The number of amides is 3. The average molecular weight is 977 g/mol. The molecule has 0 bridgehead atoms. The number of hydrogen-bond donors (Lipinski definition) is 3. The molecule has 2 aromatic carbocycles. The number of likely N-dealkylation sites (N-methyl/N-ethyl adjacent to an activating group) is 1. The number of aldehydes is 1. The molecule has 3 aliphatic rings. The first-order chi connectivity index (χ1) is 33.3. The summed E-state index contributed by atoms with van der Waals surface area (Å²) in [5.41, 5.74) is 8.29. The first-order valence-corrected chi connectivity index (χ1v) is 24.1. The summed E-state index contributed by atoms with van der Waals surface area (Å²) in [6, 6.07) is 12.0. The Kier molecular flexibility index (Phi) is 19.5. The molecule has 382 valence electrons. The summed E-state index contributed by atoms with van der Waals surface area (Å²) in [7, 11) is 4.70. The van der Waals surface area contributed by atoms with Crippen LogP contribution in [0.5, 0.6) is 0 Å². The van der Waals surface area contributed by atoms with Crippen molar-refractivity contribution in [3.8, 4) is 22.4 Å². The van der Waals surface area contributed by atoms with Gasteiger partial charge in [0.15, 0.2) is 0 Å². The number of aryl methyl sites for hydroxylation is 1. The third-order valence-electron chi connectivity index (χ3n) is 13.0. The van der Waals surface area contributed by atoms with Crippen LogP contribution in [0, 0.1) is 17.3 Å². The van der Waals surface area contributed by atoms with E-state index < -0.39 is 30.2 Å². The molecule has 3 aliphatic heterocycles. The van der Waals surface area contributed by atoms with E-state index in [1.54, 1.807) is 22.2 Å². The number of alkyl halides is 3. The normalized spacial score (nSPS) is 16.9.